The Kier molecular flexibility index (Phi) is 10.0. The number of guanidine groups is 1. The molecule has 0 aliphatic carbocycles. The van der Waals surface area contributed by atoms with Crippen molar-refractivity contribution in [1.29, 1.82) is 5.26 Å². The third-order valence-electron chi connectivity index (χ3n) is 5.70. The van der Waals surface area contributed by atoms with Gasteiger partial charge in [-0.25, -0.2) is 0 Å². The molecular weight excluding hydrogens is 475 g/mol. The normalized spacial score (nSPS) is 23.1. The molecule has 2 unspecified atom stereocenters. The van der Waals surface area contributed by atoms with Gasteiger partial charge in [-0.2, -0.15) is 5.26 Å². The van der Waals surface area contributed by atoms with E-state index in [-0.39, 0.29) is 24.0 Å². The first-order chi connectivity index (χ1) is 13.7. The molecule has 1 aromatic carbocycles. The lowest BCUT2D eigenvalue weighted by molar-refractivity contribution is 0.214. The van der Waals surface area contributed by atoms with Crippen molar-refractivity contribution in [1.82, 2.24) is 15.5 Å². The van der Waals surface area contributed by atoms with Gasteiger partial charge in [-0.1, -0.05) is 12.1 Å². The molecule has 0 amide bonds. The molecule has 3 rings (SSSR count). The SMILES string of the molecule is CCNC(=NCC1CCCN(C)C1)NC1CCCN(c2ccccc2C#N)C1.I. The van der Waals surface area contributed by atoms with Crippen LogP contribution in [-0.2, 0) is 0 Å². The van der Waals surface area contributed by atoms with Crippen LogP contribution < -0.4 is 15.5 Å². The van der Waals surface area contributed by atoms with Gasteiger partial charge in [-0.15, -0.1) is 24.0 Å². The second-order valence-electron chi connectivity index (χ2n) is 8.05. The number of aliphatic imine (C=N–C) groups is 1. The molecule has 6 nitrogen and oxygen atoms in total. The van der Waals surface area contributed by atoms with E-state index in [4.69, 9.17) is 4.99 Å². The molecule has 2 aliphatic heterocycles. The monoisotopic (exact) mass is 510 g/mol. The molecule has 0 aromatic heterocycles. The van der Waals surface area contributed by atoms with Crippen molar-refractivity contribution in [2.24, 2.45) is 10.9 Å². The van der Waals surface area contributed by atoms with Gasteiger partial charge in [0, 0.05) is 38.8 Å². The first-order valence-corrected chi connectivity index (χ1v) is 10.7. The van der Waals surface area contributed by atoms with Gasteiger partial charge in [0.1, 0.15) is 6.07 Å². The summed E-state index contributed by atoms with van der Waals surface area (Å²) in [7, 11) is 2.20. The molecule has 2 aliphatic rings. The fraction of sp³-hybridized carbons (Fsp3) is 0.636. The Bertz CT molecular complexity index is 701. The zero-order chi connectivity index (χ0) is 19.8. The largest absolute Gasteiger partial charge is 0.368 e. The molecule has 2 fully saturated rings. The summed E-state index contributed by atoms with van der Waals surface area (Å²) in [5.74, 6) is 1.58. The third-order valence-corrected chi connectivity index (χ3v) is 5.70. The minimum Gasteiger partial charge on any atom is -0.368 e. The number of anilines is 1. The molecule has 29 heavy (non-hydrogen) atoms. The van der Waals surface area contributed by atoms with Crippen molar-refractivity contribution < 1.29 is 0 Å². The van der Waals surface area contributed by atoms with E-state index in [0.29, 0.717) is 12.0 Å². The molecule has 1 aromatic rings. The van der Waals surface area contributed by atoms with E-state index in [1.54, 1.807) is 0 Å². The van der Waals surface area contributed by atoms with E-state index in [1.807, 2.05) is 18.2 Å². The van der Waals surface area contributed by atoms with Crippen molar-refractivity contribution in [3.8, 4) is 6.07 Å². The van der Waals surface area contributed by atoms with Crippen LogP contribution in [0.15, 0.2) is 29.3 Å². The molecule has 2 N–H and O–H groups in total. The lowest BCUT2D eigenvalue weighted by atomic mass is 9.99. The van der Waals surface area contributed by atoms with E-state index in [0.717, 1.165) is 62.8 Å². The van der Waals surface area contributed by atoms with Crippen LogP contribution in [0.2, 0.25) is 0 Å². The van der Waals surface area contributed by atoms with Gasteiger partial charge < -0.3 is 20.4 Å². The second-order valence-corrected chi connectivity index (χ2v) is 8.05. The zero-order valence-electron chi connectivity index (χ0n) is 17.7. The van der Waals surface area contributed by atoms with Gasteiger partial charge in [0.25, 0.3) is 0 Å². The summed E-state index contributed by atoms with van der Waals surface area (Å²) in [4.78, 5) is 9.64. The van der Waals surface area contributed by atoms with E-state index in [2.05, 4.69) is 46.5 Å². The number of benzene rings is 1. The molecule has 0 radical (unpaired) electrons. The fourth-order valence-electron chi connectivity index (χ4n) is 4.31. The van der Waals surface area contributed by atoms with Crippen molar-refractivity contribution >= 4 is 35.6 Å². The minimum atomic E-state index is 0. The van der Waals surface area contributed by atoms with Crippen molar-refractivity contribution in [2.45, 2.75) is 38.6 Å². The van der Waals surface area contributed by atoms with Gasteiger partial charge in [0.2, 0.25) is 0 Å². The third kappa shape index (κ3) is 7.03. The maximum atomic E-state index is 9.42. The highest BCUT2D eigenvalue weighted by Crippen LogP contribution is 2.23. The number of piperidine rings is 2. The Morgan fingerprint density at radius 3 is 2.76 bits per heavy atom. The molecule has 2 atom stereocenters. The number of hydrogen-bond donors (Lipinski definition) is 2. The molecular formula is C22H35IN6. The van der Waals surface area contributed by atoms with Gasteiger partial charge in [0.15, 0.2) is 5.96 Å². The standard InChI is InChI=1S/C22H34N6.HI/c1-3-24-22(25-15-18-8-6-12-27(2)16-18)26-20-10-7-13-28(17-20)21-11-5-4-9-19(21)14-23;/h4-5,9,11,18,20H,3,6-8,10,12-13,15-17H2,1-2H3,(H2,24,25,26);1H. The van der Waals surface area contributed by atoms with Gasteiger partial charge in [0.05, 0.1) is 11.3 Å². The van der Waals surface area contributed by atoms with E-state index < -0.39 is 0 Å². The number of para-hydroxylation sites is 1. The molecule has 2 saturated heterocycles. The average molecular weight is 510 g/mol. The lowest BCUT2D eigenvalue weighted by Crippen LogP contribution is -2.51. The number of nitriles is 1. The first kappa shape index (κ1) is 23.7. The number of hydrogen-bond acceptors (Lipinski definition) is 4. The van der Waals surface area contributed by atoms with E-state index in [9.17, 15) is 5.26 Å². The predicted octanol–water partition coefficient (Wildman–Crippen LogP) is 3.04. The highest BCUT2D eigenvalue weighted by molar-refractivity contribution is 14.0. The zero-order valence-corrected chi connectivity index (χ0v) is 20.1. The summed E-state index contributed by atoms with van der Waals surface area (Å²) in [6, 6.07) is 10.6. The van der Waals surface area contributed by atoms with Gasteiger partial charge in [-0.3, -0.25) is 4.99 Å². The number of halogens is 1. The second kappa shape index (κ2) is 12.2. The van der Waals surface area contributed by atoms with Crippen LogP contribution in [0.3, 0.4) is 0 Å². The van der Waals surface area contributed by atoms with Crippen LogP contribution in [0, 0.1) is 17.2 Å². The molecule has 160 valence electrons. The average Bonchev–Trinajstić information content (AvgIpc) is 2.72. The van der Waals surface area contributed by atoms with Crippen molar-refractivity contribution in [3.05, 3.63) is 29.8 Å². The van der Waals surface area contributed by atoms with Crippen LogP contribution in [0.1, 0.15) is 38.2 Å². The first-order valence-electron chi connectivity index (χ1n) is 10.7. The molecule has 0 saturated carbocycles. The van der Waals surface area contributed by atoms with Crippen LogP contribution in [-0.4, -0.2) is 63.2 Å². The quantitative estimate of drug-likeness (QED) is 0.362. The Labute approximate surface area is 192 Å². The predicted molar refractivity (Wildman–Crippen MR) is 131 cm³/mol. The van der Waals surface area contributed by atoms with Crippen LogP contribution in [0.4, 0.5) is 5.69 Å². The molecule has 7 heteroatoms. The van der Waals surface area contributed by atoms with E-state index >= 15 is 0 Å². The summed E-state index contributed by atoms with van der Waals surface area (Å²) < 4.78 is 0. The number of rotatable bonds is 5. The summed E-state index contributed by atoms with van der Waals surface area (Å²) >= 11 is 0. The maximum absolute atomic E-state index is 9.42. The van der Waals surface area contributed by atoms with Gasteiger partial charge >= 0.3 is 0 Å². The molecule has 0 spiro atoms. The topological polar surface area (TPSA) is 66.7 Å². The smallest absolute Gasteiger partial charge is 0.191 e. The van der Waals surface area contributed by atoms with Crippen LogP contribution in [0.5, 0.6) is 0 Å². The summed E-state index contributed by atoms with van der Waals surface area (Å²) in [6.07, 6.45) is 4.79. The van der Waals surface area contributed by atoms with Crippen LogP contribution >= 0.6 is 24.0 Å². The summed E-state index contributed by atoms with van der Waals surface area (Å²) in [6.45, 7) is 8.11. The van der Waals surface area contributed by atoms with Crippen molar-refractivity contribution in [3.63, 3.8) is 0 Å². The highest BCUT2D eigenvalue weighted by Gasteiger charge is 2.23. The maximum Gasteiger partial charge on any atom is 0.191 e. The molecule has 0 bridgehead atoms. The van der Waals surface area contributed by atoms with E-state index in [1.165, 1.54) is 19.4 Å². The summed E-state index contributed by atoms with van der Waals surface area (Å²) in [5.41, 5.74) is 1.80. The van der Waals surface area contributed by atoms with Crippen LogP contribution in [0.25, 0.3) is 0 Å². The van der Waals surface area contributed by atoms with Crippen molar-refractivity contribution in [2.75, 3.05) is 51.2 Å². The number of likely N-dealkylation sites (tertiary alicyclic amines) is 1. The summed E-state index contributed by atoms with van der Waals surface area (Å²) in [5, 5.41) is 16.5. The highest BCUT2D eigenvalue weighted by atomic mass is 127. The number of nitrogens with one attached hydrogen (secondary N) is 2. The Morgan fingerprint density at radius 2 is 2.00 bits per heavy atom. The minimum absolute atomic E-state index is 0. The molecule has 2 heterocycles. The fourth-order valence-corrected chi connectivity index (χ4v) is 4.31. The Morgan fingerprint density at radius 1 is 1.21 bits per heavy atom. The lowest BCUT2D eigenvalue weighted by Gasteiger charge is -2.36. The Balaban J connectivity index is 0.00000300. The van der Waals surface area contributed by atoms with Gasteiger partial charge in [-0.05, 0) is 64.3 Å². The Hall–Kier alpha value is -1.53. The number of nitrogens with zero attached hydrogens (tertiary/aromatic N) is 4.